The molecule has 3 aromatic heterocycles. The molecule has 7 nitrogen and oxygen atoms in total. The summed E-state index contributed by atoms with van der Waals surface area (Å²) in [5.41, 5.74) is 4.97. The molecule has 8 heteroatoms. The smallest absolute Gasteiger partial charge is 0.243 e. The summed E-state index contributed by atoms with van der Waals surface area (Å²) >= 11 is 0. The first-order valence-electron chi connectivity index (χ1n) is 10.8. The number of fused-ring (bicyclic) bond motifs is 1. The fourth-order valence-electron chi connectivity index (χ4n) is 4.16. The maximum Gasteiger partial charge on any atom is 0.243 e. The number of rotatable bonds is 7. The Morgan fingerprint density at radius 2 is 1.81 bits per heavy atom. The van der Waals surface area contributed by atoms with Gasteiger partial charge in [-0.1, -0.05) is 18.2 Å². The molecular weight excluding hydrogens is 422 g/mol. The summed E-state index contributed by atoms with van der Waals surface area (Å²) < 4.78 is 27.2. The molecule has 0 aliphatic carbocycles. The van der Waals surface area contributed by atoms with E-state index in [0.29, 0.717) is 24.5 Å². The van der Waals surface area contributed by atoms with Gasteiger partial charge in [-0.05, 0) is 59.9 Å². The van der Waals surface area contributed by atoms with Gasteiger partial charge in [-0.25, -0.2) is 13.4 Å². The third-order valence-corrected chi connectivity index (χ3v) is 7.74. The van der Waals surface area contributed by atoms with E-state index in [1.807, 2.05) is 36.5 Å². The van der Waals surface area contributed by atoms with Gasteiger partial charge in [-0.15, -0.1) is 0 Å². The normalized spacial score (nSPS) is 14.9. The van der Waals surface area contributed by atoms with Crippen LogP contribution in [0, 0.1) is 0 Å². The monoisotopic (exact) mass is 447 g/mol. The molecule has 2 N–H and O–H groups in total. The van der Waals surface area contributed by atoms with Crippen molar-refractivity contribution in [2.45, 2.75) is 30.8 Å². The molecule has 0 unspecified atom stereocenters. The number of hydrogen-bond donors (Lipinski definition) is 2. The van der Waals surface area contributed by atoms with Gasteiger partial charge in [0.05, 0.1) is 4.90 Å². The van der Waals surface area contributed by atoms with E-state index in [1.165, 1.54) is 0 Å². The highest BCUT2D eigenvalue weighted by Crippen LogP contribution is 2.30. The first-order chi connectivity index (χ1) is 15.6. The van der Waals surface area contributed by atoms with Gasteiger partial charge in [-0.3, -0.25) is 4.98 Å². The number of sulfonamides is 1. The van der Waals surface area contributed by atoms with Crippen LogP contribution >= 0.6 is 0 Å². The molecule has 1 saturated heterocycles. The Hall–Kier alpha value is -3.07. The predicted octanol–water partition coefficient (Wildman–Crippen LogP) is 3.70. The number of H-pyrrole nitrogens is 1. The van der Waals surface area contributed by atoms with Crippen LogP contribution in [0.25, 0.3) is 22.2 Å². The van der Waals surface area contributed by atoms with Crippen molar-refractivity contribution in [2.24, 2.45) is 0 Å². The van der Waals surface area contributed by atoms with Crippen LogP contribution in [-0.4, -0.2) is 40.8 Å². The predicted molar refractivity (Wildman–Crippen MR) is 124 cm³/mol. The average Bonchev–Trinajstić information content (AvgIpc) is 3.50. The van der Waals surface area contributed by atoms with Crippen LogP contribution in [0.5, 0.6) is 0 Å². The second kappa shape index (κ2) is 8.82. The molecule has 1 aromatic carbocycles. The molecule has 1 aliphatic heterocycles. The van der Waals surface area contributed by atoms with E-state index in [4.69, 9.17) is 0 Å². The van der Waals surface area contributed by atoms with Crippen molar-refractivity contribution in [3.63, 3.8) is 0 Å². The maximum atomic E-state index is 12.8. The summed E-state index contributed by atoms with van der Waals surface area (Å²) in [5, 5.41) is 4.43. The molecule has 4 aromatic rings. The molecule has 0 saturated carbocycles. The molecule has 0 bridgehead atoms. The third-order valence-electron chi connectivity index (χ3n) is 5.82. The van der Waals surface area contributed by atoms with Crippen LogP contribution in [-0.2, 0) is 23.1 Å². The van der Waals surface area contributed by atoms with Gasteiger partial charge in [0.15, 0.2) is 0 Å². The first kappa shape index (κ1) is 20.8. The van der Waals surface area contributed by atoms with E-state index in [-0.39, 0.29) is 0 Å². The van der Waals surface area contributed by atoms with Crippen LogP contribution in [0.15, 0.2) is 72.0 Å². The molecule has 4 heterocycles. The van der Waals surface area contributed by atoms with Crippen molar-refractivity contribution >= 4 is 21.1 Å². The zero-order valence-corrected chi connectivity index (χ0v) is 18.5. The van der Waals surface area contributed by atoms with Gasteiger partial charge in [-0.2, -0.15) is 4.31 Å². The van der Waals surface area contributed by atoms with Crippen molar-refractivity contribution in [1.29, 1.82) is 0 Å². The van der Waals surface area contributed by atoms with Crippen molar-refractivity contribution in [3.8, 4) is 11.1 Å². The molecule has 0 spiro atoms. The minimum absolute atomic E-state index is 0.350. The minimum Gasteiger partial charge on any atom is -0.342 e. The molecule has 1 aliphatic rings. The Morgan fingerprint density at radius 3 is 2.56 bits per heavy atom. The van der Waals surface area contributed by atoms with Gasteiger partial charge < -0.3 is 10.3 Å². The van der Waals surface area contributed by atoms with E-state index in [0.717, 1.165) is 52.8 Å². The number of benzene rings is 1. The Balaban J connectivity index is 1.36. The number of nitrogens with one attached hydrogen (secondary N) is 2. The van der Waals surface area contributed by atoms with E-state index >= 15 is 0 Å². The number of aromatic nitrogens is 3. The van der Waals surface area contributed by atoms with Gasteiger partial charge in [0.2, 0.25) is 10.0 Å². The Kier molecular flexibility index (Phi) is 5.73. The van der Waals surface area contributed by atoms with Gasteiger partial charge >= 0.3 is 0 Å². The maximum absolute atomic E-state index is 12.8. The summed E-state index contributed by atoms with van der Waals surface area (Å²) in [7, 11) is -3.41. The lowest BCUT2D eigenvalue weighted by atomic mass is 10.0. The molecule has 1 fully saturated rings. The summed E-state index contributed by atoms with van der Waals surface area (Å²) in [6, 6.07) is 15.2. The minimum atomic E-state index is -3.41. The summed E-state index contributed by atoms with van der Waals surface area (Å²) in [4.78, 5) is 12.3. The van der Waals surface area contributed by atoms with E-state index < -0.39 is 10.0 Å². The molecule has 0 radical (unpaired) electrons. The molecule has 0 atom stereocenters. The van der Waals surface area contributed by atoms with Crippen molar-refractivity contribution < 1.29 is 8.42 Å². The highest BCUT2D eigenvalue weighted by atomic mass is 32.2. The number of hydrogen-bond acceptors (Lipinski definition) is 5. The first-order valence-corrected chi connectivity index (χ1v) is 12.2. The number of nitrogens with zero attached hydrogens (tertiary/aromatic N) is 3. The van der Waals surface area contributed by atoms with Crippen LogP contribution in [0.1, 0.15) is 24.1 Å². The lowest BCUT2D eigenvalue weighted by molar-refractivity contribution is 0.477. The van der Waals surface area contributed by atoms with Crippen LogP contribution in [0.3, 0.4) is 0 Å². The van der Waals surface area contributed by atoms with Crippen LogP contribution in [0.2, 0.25) is 0 Å². The van der Waals surface area contributed by atoms with E-state index in [9.17, 15) is 8.42 Å². The quantitative estimate of drug-likeness (QED) is 0.451. The second-order valence-electron chi connectivity index (χ2n) is 8.02. The lowest BCUT2D eigenvalue weighted by Gasteiger charge is -2.15. The second-order valence-corrected chi connectivity index (χ2v) is 9.95. The summed E-state index contributed by atoms with van der Waals surface area (Å²) in [6.45, 7) is 2.63. The fraction of sp³-hybridized carbons (Fsp3) is 0.250. The third kappa shape index (κ3) is 4.17. The summed E-state index contributed by atoms with van der Waals surface area (Å²) in [5.74, 6) is 0. The average molecular weight is 448 g/mol. The molecular formula is C24H25N5O2S. The number of pyridine rings is 2. The Morgan fingerprint density at radius 1 is 1.00 bits per heavy atom. The van der Waals surface area contributed by atoms with Crippen LogP contribution in [0.4, 0.5) is 0 Å². The molecule has 32 heavy (non-hydrogen) atoms. The zero-order chi connectivity index (χ0) is 22.0. The Bertz CT molecular complexity index is 1310. The largest absolute Gasteiger partial charge is 0.342 e. The standard InChI is InChI=1S/C24H25N5O2S/c30-32(31,29-12-1-2-13-29)21-7-5-19(6-8-21)22-9-11-27-24-23(22)14-20(28-24)17-26-16-18-4-3-10-25-15-18/h3-11,14-15,26H,1-2,12-13,16-17H2,(H,27,28). The highest BCUT2D eigenvalue weighted by Gasteiger charge is 2.27. The van der Waals surface area contributed by atoms with E-state index in [1.54, 1.807) is 28.8 Å². The van der Waals surface area contributed by atoms with Crippen LogP contribution < -0.4 is 5.32 Å². The molecule has 164 valence electrons. The van der Waals surface area contributed by atoms with Gasteiger partial charge in [0, 0.05) is 55.8 Å². The Labute approximate surface area is 187 Å². The van der Waals surface area contributed by atoms with E-state index in [2.05, 4.69) is 26.3 Å². The SMILES string of the molecule is O=S(=O)(c1ccc(-c2ccnc3[nH]c(CNCc4cccnc4)cc23)cc1)N1CCCC1. The topological polar surface area (TPSA) is 91.0 Å². The highest BCUT2D eigenvalue weighted by molar-refractivity contribution is 7.89. The zero-order valence-electron chi connectivity index (χ0n) is 17.7. The fourth-order valence-corrected chi connectivity index (χ4v) is 5.67. The lowest BCUT2D eigenvalue weighted by Crippen LogP contribution is -2.27. The molecule has 0 amide bonds. The van der Waals surface area contributed by atoms with Gasteiger partial charge in [0.1, 0.15) is 5.65 Å². The van der Waals surface area contributed by atoms with Crippen molar-refractivity contribution in [2.75, 3.05) is 13.1 Å². The number of aromatic amines is 1. The summed E-state index contributed by atoms with van der Waals surface area (Å²) in [6.07, 6.45) is 7.25. The van der Waals surface area contributed by atoms with Crippen molar-refractivity contribution in [3.05, 3.63) is 78.4 Å². The van der Waals surface area contributed by atoms with Crippen molar-refractivity contribution in [1.82, 2.24) is 24.6 Å². The molecule has 5 rings (SSSR count). The van der Waals surface area contributed by atoms with Gasteiger partial charge in [0.25, 0.3) is 0 Å².